The Bertz CT molecular complexity index is 912. The van der Waals surface area contributed by atoms with E-state index in [1.165, 1.54) is 12.1 Å². The molecule has 0 saturated carbocycles. The number of sulfonamides is 1. The summed E-state index contributed by atoms with van der Waals surface area (Å²) in [5.41, 5.74) is 2.00. The molecule has 0 aliphatic rings. The van der Waals surface area contributed by atoms with Crippen molar-refractivity contribution in [2.45, 2.75) is 31.1 Å². The molecule has 156 valence electrons. The Hall–Kier alpha value is -2.87. The Labute approximate surface area is 171 Å². The molecule has 0 saturated heterocycles. The first-order valence-electron chi connectivity index (χ1n) is 9.40. The number of amides is 2. The van der Waals surface area contributed by atoms with E-state index in [9.17, 15) is 18.0 Å². The van der Waals surface area contributed by atoms with Crippen molar-refractivity contribution in [2.24, 2.45) is 0 Å². The smallest absolute Gasteiger partial charge is 0.423 e. The minimum atomic E-state index is -3.96. The van der Waals surface area contributed by atoms with Gasteiger partial charge in [-0.3, -0.25) is 4.79 Å². The van der Waals surface area contributed by atoms with Gasteiger partial charge >= 0.3 is 6.09 Å². The Morgan fingerprint density at radius 1 is 0.966 bits per heavy atom. The van der Waals surface area contributed by atoms with E-state index in [2.05, 4.69) is 5.32 Å². The monoisotopic (exact) mass is 418 g/mol. The lowest BCUT2D eigenvalue weighted by atomic mass is 10.1. The van der Waals surface area contributed by atoms with E-state index in [1.807, 2.05) is 30.3 Å². The molecular formula is C21H26N2O5S. The highest BCUT2D eigenvalue weighted by molar-refractivity contribution is 7.89. The molecule has 0 atom stereocenters. The molecule has 2 aromatic rings. The molecule has 0 fully saturated rings. The van der Waals surface area contributed by atoms with Crippen LogP contribution in [0.15, 0.2) is 59.5 Å². The summed E-state index contributed by atoms with van der Waals surface area (Å²) >= 11 is 0. The number of carbonyl (C=O) groups excluding carboxylic acids is 2. The molecule has 0 radical (unpaired) electrons. The van der Waals surface area contributed by atoms with Crippen molar-refractivity contribution >= 4 is 22.0 Å². The van der Waals surface area contributed by atoms with Crippen molar-refractivity contribution < 1.29 is 22.7 Å². The quantitative estimate of drug-likeness (QED) is 0.676. The lowest BCUT2D eigenvalue weighted by Crippen LogP contribution is -2.33. The molecule has 0 bridgehead atoms. The van der Waals surface area contributed by atoms with Crippen LogP contribution in [-0.4, -0.2) is 44.9 Å². The number of benzene rings is 2. The van der Waals surface area contributed by atoms with E-state index >= 15 is 0 Å². The molecule has 8 heteroatoms. The highest BCUT2D eigenvalue weighted by Gasteiger charge is 2.26. The minimum Gasteiger partial charge on any atom is -0.449 e. The van der Waals surface area contributed by atoms with Crippen molar-refractivity contribution in [3.8, 4) is 0 Å². The number of hydrogen-bond acceptors (Lipinski definition) is 5. The fraction of sp³-hybridized carbons (Fsp3) is 0.333. The number of hydrogen-bond donors (Lipinski definition) is 1. The first kappa shape index (κ1) is 22.4. The lowest BCUT2D eigenvalue weighted by molar-refractivity contribution is -0.121. The third kappa shape index (κ3) is 6.60. The largest absolute Gasteiger partial charge is 0.449 e. The van der Waals surface area contributed by atoms with Crippen LogP contribution in [0.1, 0.15) is 24.5 Å². The van der Waals surface area contributed by atoms with E-state index in [0.29, 0.717) is 30.1 Å². The summed E-state index contributed by atoms with van der Waals surface area (Å²) in [6, 6.07) is 16.0. The SMILES string of the molecule is CCOC(=O)N(C)S(=O)(=O)c1ccc(CCNC(=O)CCc2ccccc2)cc1. The molecule has 2 aromatic carbocycles. The molecule has 0 heterocycles. The predicted octanol–water partition coefficient (Wildman–Crippen LogP) is 2.76. The molecule has 0 aliphatic carbocycles. The summed E-state index contributed by atoms with van der Waals surface area (Å²) in [5.74, 6) is -0.0240. The van der Waals surface area contributed by atoms with E-state index in [4.69, 9.17) is 4.74 Å². The second kappa shape index (κ2) is 10.6. The average Bonchev–Trinajstić information content (AvgIpc) is 2.73. The molecule has 0 spiro atoms. The Balaban J connectivity index is 1.83. The van der Waals surface area contributed by atoms with Gasteiger partial charge in [0.05, 0.1) is 11.5 Å². The Morgan fingerprint density at radius 2 is 1.59 bits per heavy atom. The van der Waals surface area contributed by atoms with Crippen molar-refractivity contribution in [3.05, 3.63) is 65.7 Å². The van der Waals surface area contributed by atoms with Gasteiger partial charge in [-0.1, -0.05) is 42.5 Å². The maximum atomic E-state index is 12.4. The van der Waals surface area contributed by atoms with E-state index in [0.717, 1.165) is 18.2 Å². The maximum Gasteiger partial charge on any atom is 0.423 e. The van der Waals surface area contributed by atoms with Gasteiger partial charge in [0.2, 0.25) is 5.91 Å². The summed E-state index contributed by atoms with van der Waals surface area (Å²) in [5, 5.41) is 2.87. The predicted molar refractivity (Wildman–Crippen MR) is 110 cm³/mol. The van der Waals surface area contributed by atoms with Gasteiger partial charge in [0.15, 0.2) is 0 Å². The first-order chi connectivity index (χ1) is 13.8. The highest BCUT2D eigenvalue weighted by atomic mass is 32.2. The Kier molecular flexibility index (Phi) is 8.21. The average molecular weight is 419 g/mol. The third-order valence-corrected chi connectivity index (χ3v) is 6.06. The van der Waals surface area contributed by atoms with E-state index in [1.54, 1.807) is 19.1 Å². The molecule has 0 unspecified atom stereocenters. The zero-order valence-electron chi connectivity index (χ0n) is 16.6. The number of carbonyl (C=O) groups is 2. The zero-order valence-corrected chi connectivity index (χ0v) is 17.4. The van der Waals surface area contributed by atoms with Gasteiger partial charge in [-0.15, -0.1) is 0 Å². The van der Waals surface area contributed by atoms with Crippen LogP contribution in [0.2, 0.25) is 0 Å². The van der Waals surface area contributed by atoms with Crippen LogP contribution in [0.5, 0.6) is 0 Å². The van der Waals surface area contributed by atoms with Gasteiger partial charge in [0.25, 0.3) is 10.0 Å². The molecule has 2 rings (SSSR count). The number of nitrogens with zero attached hydrogens (tertiary/aromatic N) is 1. The van der Waals surface area contributed by atoms with Crippen LogP contribution < -0.4 is 5.32 Å². The summed E-state index contributed by atoms with van der Waals surface area (Å²) in [4.78, 5) is 23.6. The van der Waals surface area contributed by atoms with E-state index < -0.39 is 16.1 Å². The third-order valence-electron chi connectivity index (χ3n) is 4.33. The van der Waals surface area contributed by atoms with Crippen LogP contribution in [0, 0.1) is 0 Å². The van der Waals surface area contributed by atoms with E-state index in [-0.39, 0.29) is 17.4 Å². The van der Waals surface area contributed by atoms with Crippen LogP contribution in [0.4, 0.5) is 4.79 Å². The molecule has 2 amide bonds. The molecule has 1 N–H and O–H groups in total. The van der Waals surface area contributed by atoms with Crippen LogP contribution >= 0.6 is 0 Å². The second-order valence-corrected chi connectivity index (χ2v) is 8.37. The summed E-state index contributed by atoms with van der Waals surface area (Å²) in [6.45, 7) is 2.16. The fourth-order valence-corrected chi connectivity index (χ4v) is 3.68. The maximum absolute atomic E-state index is 12.4. The van der Waals surface area contributed by atoms with Crippen molar-refractivity contribution in [2.75, 3.05) is 20.2 Å². The zero-order chi connectivity index (χ0) is 21.3. The fourth-order valence-electron chi connectivity index (χ4n) is 2.64. The molecule has 0 aromatic heterocycles. The normalized spacial score (nSPS) is 11.0. The minimum absolute atomic E-state index is 0.00343. The van der Waals surface area contributed by atoms with Gasteiger partial charge in [0, 0.05) is 20.0 Å². The van der Waals surface area contributed by atoms with Crippen LogP contribution in [-0.2, 0) is 32.4 Å². The number of nitrogens with one attached hydrogen (secondary N) is 1. The van der Waals surface area contributed by atoms with Crippen molar-refractivity contribution in [3.63, 3.8) is 0 Å². The van der Waals surface area contributed by atoms with Crippen LogP contribution in [0.25, 0.3) is 0 Å². The highest BCUT2D eigenvalue weighted by Crippen LogP contribution is 2.16. The van der Waals surface area contributed by atoms with Crippen molar-refractivity contribution in [1.29, 1.82) is 0 Å². The second-order valence-electron chi connectivity index (χ2n) is 6.40. The molecule has 0 aliphatic heterocycles. The lowest BCUT2D eigenvalue weighted by Gasteiger charge is -2.17. The van der Waals surface area contributed by atoms with Gasteiger partial charge in [0.1, 0.15) is 0 Å². The van der Waals surface area contributed by atoms with Gasteiger partial charge < -0.3 is 10.1 Å². The van der Waals surface area contributed by atoms with Gasteiger partial charge in [-0.05, 0) is 43.0 Å². The molecular weight excluding hydrogens is 392 g/mol. The molecule has 7 nitrogen and oxygen atoms in total. The van der Waals surface area contributed by atoms with Gasteiger partial charge in [-0.2, -0.15) is 0 Å². The summed E-state index contributed by atoms with van der Waals surface area (Å²) in [7, 11) is -2.80. The molecule has 29 heavy (non-hydrogen) atoms. The number of rotatable bonds is 9. The standard InChI is InChI=1S/C21H26N2O5S/c1-3-28-21(25)23(2)29(26,27)19-12-9-18(10-13-19)15-16-22-20(24)14-11-17-7-5-4-6-8-17/h4-10,12-13H,3,11,14-16H2,1-2H3,(H,22,24). The summed E-state index contributed by atoms with van der Waals surface area (Å²) in [6.07, 6.45) is 0.759. The number of ether oxygens (including phenoxy) is 1. The summed E-state index contributed by atoms with van der Waals surface area (Å²) < 4.78 is 30.1. The first-order valence-corrected chi connectivity index (χ1v) is 10.8. The number of aryl methyl sites for hydroxylation is 1. The van der Waals surface area contributed by atoms with Crippen molar-refractivity contribution in [1.82, 2.24) is 9.62 Å². The topological polar surface area (TPSA) is 92.8 Å². The Morgan fingerprint density at radius 3 is 2.21 bits per heavy atom. The van der Waals surface area contributed by atoms with Crippen LogP contribution in [0.3, 0.4) is 0 Å². The van der Waals surface area contributed by atoms with Gasteiger partial charge in [-0.25, -0.2) is 17.5 Å².